The predicted octanol–water partition coefficient (Wildman–Crippen LogP) is 0.411. The van der Waals surface area contributed by atoms with E-state index in [2.05, 4.69) is 10.6 Å². The molecule has 0 unspecified atom stereocenters. The molecule has 0 fully saturated rings. The van der Waals surface area contributed by atoms with Crippen molar-refractivity contribution in [3.8, 4) is 11.5 Å². The number of fused-ring (bicyclic) bond motifs is 1. The Morgan fingerprint density at radius 3 is 2.78 bits per heavy atom. The maximum atomic E-state index is 11.7. The molecule has 0 radical (unpaired) electrons. The summed E-state index contributed by atoms with van der Waals surface area (Å²) in [6, 6.07) is 3.57. The SMILES string of the molecule is C[C@H](NC(N)=O)C(=O)Nc1ccc2c(c1)OCO2. The van der Waals surface area contributed by atoms with Crippen LogP contribution in [0.15, 0.2) is 18.2 Å². The molecule has 2 rings (SSSR count). The minimum Gasteiger partial charge on any atom is -0.454 e. The summed E-state index contributed by atoms with van der Waals surface area (Å²) in [5, 5.41) is 4.92. The van der Waals surface area contributed by atoms with E-state index in [0.717, 1.165) is 0 Å². The molecule has 18 heavy (non-hydrogen) atoms. The Balaban J connectivity index is 2.01. The third-order valence-corrected chi connectivity index (χ3v) is 2.39. The topological polar surface area (TPSA) is 103 Å². The molecule has 3 amide bonds. The molecule has 1 heterocycles. The summed E-state index contributed by atoms with van der Waals surface area (Å²) >= 11 is 0. The highest BCUT2D eigenvalue weighted by Gasteiger charge is 2.17. The van der Waals surface area contributed by atoms with Gasteiger partial charge in [-0.2, -0.15) is 0 Å². The van der Waals surface area contributed by atoms with E-state index in [0.29, 0.717) is 17.2 Å². The Bertz CT molecular complexity index is 489. The van der Waals surface area contributed by atoms with E-state index in [4.69, 9.17) is 15.2 Å². The van der Waals surface area contributed by atoms with E-state index in [1.165, 1.54) is 6.92 Å². The van der Waals surface area contributed by atoms with E-state index >= 15 is 0 Å². The number of hydrogen-bond donors (Lipinski definition) is 3. The van der Waals surface area contributed by atoms with Gasteiger partial charge >= 0.3 is 6.03 Å². The molecule has 7 heteroatoms. The molecule has 0 aliphatic carbocycles. The van der Waals surface area contributed by atoms with Crippen LogP contribution in [0.1, 0.15) is 6.92 Å². The number of nitrogens with one attached hydrogen (secondary N) is 2. The quantitative estimate of drug-likeness (QED) is 0.723. The van der Waals surface area contributed by atoms with Crippen molar-refractivity contribution in [2.24, 2.45) is 5.73 Å². The third-order valence-electron chi connectivity index (χ3n) is 2.39. The van der Waals surface area contributed by atoms with Crippen LogP contribution in [0.3, 0.4) is 0 Å². The first-order valence-electron chi connectivity index (χ1n) is 5.33. The fraction of sp³-hybridized carbons (Fsp3) is 0.273. The lowest BCUT2D eigenvalue weighted by atomic mass is 10.2. The lowest BCUT2D eigenvalue weighted by Crippen LogP contribution is -2.44. The first-order chi connectivity index (χ1) is 8.56. The lowest BCUT2D eigenvalue weighted by molar-refractivity contribution is -0.117. The van der Waals surface area contributed by atoms with Gasteiger partial charge in [-0.15, -0.1) is 0 Å². The van der Waals surface area contributed by atoms with Crippen LogP contribution < -0.4 is 25.8 Å². The van der Waals surface area contributed by atoms with E-state index < -0.39 is 12.1 Å². The zero-order valence-electron chi connectivity index (χ0n) is 9.73. The zero-order valence-corrected chi connectivity index (χ0v) is 9.73. The van der Waals surface area contributed by atoms with Crippen molar-refractivity contribution >= 4 is 17.6 Å². The maximum Gasteiger partial charge on any atom is 0.312 e. The van der Waals surface area contributed by atoms with Crippen LogP contribution in [-0.4, -0.2) is 24.8 Å². The Morgan fingerprint density at radius 1 is 1.33 bits per heavy atom. The van der Waals surface area contributed by atoms with Gasteiger partial charge in [0.15, 0.2) is 11.5 Å². The number of ether oxygens (including phenoxy) is 2. The maximum absolute atomic E-state index is 11.7. The number of primary amides is 1. The van der Waals surface area contributed by atoms with E-state index in [9.17, 15) is 9.59 Å². The minimum atomic E-state index is -0.747. The minimum absolute atomic E-state index is 0.173. The van der Waals surface area contributed by atoms with E-state index in [1.807, 2.05) is 0 Å². The van der Waals surface area contributed by atoms with Crippen LogP contribution >= 0.6 is 0 Å². The molecule has 0 bridgehead atoms. The average molecular weight is 251 g/mol. The summed E-state index contributed by atoms with van der Waals surface area (Å²) in [7, 11) is 0. The Labute approximate surface area is 103 Å². The largest absolute Gasteiger partial charge is 0.454 e. The molecule has 1 atom stereocenters. The summed E-state index contributed by atoms with van der Waals surface area (Å²) in [6.45, 7) is 1.71. The summed E-state index contributed by atoms with van der Waals surface area (Å²) in [5.74, 6) is 0.840. The molecular formula is C11H13N3O4. The van der Waals surface area contributed by atoms with Crippen LogP contribution in [0.4, 0.5) is 10.5 Å². The number of rotatable bonds is 3. The Kier molecular flexibility index (Phi) is 3.22. The number of amides is 3. The van der Waals surface area contributed by atoms with Gasteiger partial charge in [-0.25, -0.2) is 4.79 Å². The average Bonchev–Trinajstić information content (AvgIpc) is 2.75. The fourth-order valence-corrected chi connectivity index (χ4v) is 1.50. The molecule has 0 saturated carbocycles. The Hall–Kier alpha value is -2.44. The molecule has 1 aliphatic rings. The van der Waals surface area contributed by atoms with E-state index in [1.54, 1.807) is 18.2 Å². The van der Waals surface area contributed by atoms with Gasteiger partial charge in [-0.3, -0.25) is 4.79 Å². The molecule has 1 aliphatic heterocycles. The van der Waals surface area contributed by atoms with Gasteiger partial charge in [-0.05, 0) is 19.1 Å². The van der Waals surface area contributed by atoms with Crippen LogP contribution in [0.5, 0.6) is 11.5 Å². The number of anilines is 1. The molecule has 4 N–H and O–H groups in total. The second-order valence-electron chi connectivity index (χ2n) is 3.79. The van der Waals surface area contributed by atoms with Crippen molar-refractivity contribution in [1.29, 1.82) is 0 Å². The fourth-order valence-electron chi connectivity index (χ4n) is 1.50. The zero-order chi connectivity index (χ0) is 13.1. The molecule has 1 aromatic rings. The summed E-state index contributed by atoms with van der Waals surface area (Å²) in [5.41, 5.74) is 5.49. The highest BCUT2D eigenvalue weighted by molar-refractivity contribution is 5.96. The van der Waals surface area contributed by atoms with Gasteiger partial charge in [0.25, 0.3) is 0 Å². The van der Waals surface area contributed by atoms with Crippen LogP contribution in [-0.2, 0) is 4.79 Å². The van der Waals surface area contributed by atoms with Gasteiger partial charge in [0, 0.05) is 11.8 Å². The predicted molar refractivity (Wildman–Crippen MR) is 63.4 cm³/mol. The second-order valence-corrected chi connectivity index (χ2v) is 3.79. The van der Waals surface area contributed by atoms with Crippen LogP contribution in [0.2, 0.25) is 0 Å². The number of nitrogens with two attached hydrogens (primary N) is 1. The molecule has 96 valence electrons. The third kappa shape index (κ3) is 2.62. The summed E-state index contributed by atoms with van der Waals surface area (Å²) in [4.78, 5) is 22.3. The van der Waals surface area contributed by atoms with Crippen molar-refractivity contribution in [1.82, 2.24) is 5.32 Å². The highest BCUT2D eigenvalue weighted by Crippen LogP contribution is 2.34. The molecule has 1 aromatic carbocycles. The number of carbonyl (C=O) groups excluding carboxylic acids is 2. The van der Waals surface area contributed by atoms with Crippen molar-refractivity contribution in [2.75, 3.05) is 12.1 Å². The monoisotopic (exact) mass is 251 g/mol. The van der Waals surface area contributed by atoms with Crippen molar-refractivity contribution < 1.29 is 19.1 Å². The summed E-state index contributed by atoms with van der Waals surface area (Å²) < 4.78 is 10.3. The van der Waals surface area contributed by atoms with Crippen molar-refractivity contribution in [3.05, 3.63) is 18.2 Å². The van der Waals surface area contributed by atoms with Crippen LogP contribution in [0, 0.1) is 0 Å². The normalized spacial score (nSPS) is 13.8. The lowest BCUT2D eigenvalue weighted by Gasteiger charge is -2.12. The second kappa shape index (κ2) is 4.82. The molecule has 0 saturated heterocycles. The molecule has 0 spiro atoms. The molecular weight excluding hydrogens is 238 g/mol. The smallest absolute Gasteiger partial charge is 0.312 e. The van der Waals surface area contributed by atoms with Crippen LogP contribution in [0.25, 0.3) is 0 Å². The van der Waals surface area contributed by atoms with Crippen molar-refractivity contribution in [2.45, 2.75) is 13.0 Å². The first-order valence-corrected chi connectivity index (χ1v) is 5.33. The number of benzene rings is 1. The number of hydrogen-bond acceptors (Lipinski definition) is 4. The van der Waals surface area contributed by atoms with Gasteiger partial charge in [-0.1, -0.05) is 0 Å². The molecule has 0 aromatic heterocycles. The first kappa shape index (κ1) is 12.0. The van der Waals surface area contributed by atoms with Gasteiger partial charge in [0.2, 0.25) is 12.7 Å². The Morgan fingerprint density at radius 2 is 2.06 bits per heavy atom. The summed E-state index contributed by atoms with van der Waals surface area (Å²) in [6.07, 6.45) is 0. The van der Waals surface area contributed by atoms with Gasteiger partial charge in [0.1, 0.15) is 6.04 Å². The molecule has 7 nitrogen and oxygen atoms in total. The highest BCUT2D eigenvalue weighted by atomic mass is 16.7. The number of carbonyl (C=O) groups is 2. The van der Waals surface area contributed by atoms with E-state index in [-0.39, 0.29) is 12.7 Å². The van der Waals surface area contributed by atoms with Crippen molar-refractivity contribution in [3.63, 3.8) is 0 Å². The van der Waals surface area contributed by atoms with Gasteiger partial charge < -0.3 is 25.8 Å². The standard InChI is InChI=1S/C11H13N3O4/c1-6(13-11(12)16)10(15)14-7-2-3-8-9(4-7)18-5-17-8/h2-4,6H,5H2,1H3,(H,14,15)(H3,12,13,16)/t6-/m0/s1. The van der Waals surface area contributed by atoms with Gasteiger partial charge in [0.05, 0.1) is 0 Å². The number of urea groups is 1.